The Morgan fingerprint density at radius 3 is 2.41 bits per heavy atom. The minimum absolute atomic E-state index is 0.00440. The number of benzene rings is 3. The van der Waals surface area contributed by atoms with Crippen molar-refractivity contribution in [3.8, 4) is 0 Å². The molecule has 0 spiro atoms. The Hall–Kier alpha value is -2.13. The lowest BCUT2D eigenvalue weighted by atomic mass is 10.0. The average molecular weight is 354 g/mol. The molecule has 0 aliphatic heterocycles. The van der Waals surface area contributed by atoms with Crippen molar-refractivity contribution in [3.05, 3.63) is 77.9 Å². The largest absolute Gasteiger partial charge is 0.326 e. The van der Waals surface area contributed by atoms with E-state index in [1.807, 2.05) is 48.5 Å². The summed E-state index contributed by atoms with van der Waals surface area (Å²) >= 11 is 3.45. The first-order chi connectivity index (χ1) is 10.8. The Labute approximate surface area is 138 Å². The van der Waals surface area contributed by atoms with Crippen molar-refractivity contribution in [1.29, 1.82) is 0 Å². The second-order valence-electron chi connectivity index (χ2n) is 5.15. The molecule has 0 saturated carbocycles. The molecule has 2 nitrogen and oxygen atoms in total. The number of amides is 1. The topological polar surface area (TPSA) is 29.1 Å². The molecule has 0 fully saturated rings. The number of rotatable bonds is 4. The molecule has 0 unspecified atom stereocenters. The standard InChI is InChI=1S/C19H16BrNO/c20-13-16-7-2-4-11-18(16)21-19(22)12-15-9-5-8-14-6-1-3-10-17(14)15/h1-11H,12-13H2,(H,21,22). The number of carbonyl (C=O) groups is 1. The van der Waals surface area contributed by atoms with E-state index in [0.29, 0.717) is 6.42 Å². The van der Waals surface area contributed by atoms with Crippen LogP contribution in [0.4, 0.5) is 5.69 Å². The molecule has 0 aromatic heterocycles. The first-order valence-corrected chi connectivity index (χ1v) is 8.30. The Morgan fingerprint density at radius 1 is 0.864 bits per heavy atom. The second-order valence-corrected chi connectivity index (χ2v) is 5.71. The van der Waals surface area contributed by atoms with Crippen LogP contribution < -0.4 is 5.32 Å². The van der Waals surface area contributed by atoms with Gasteiger partial charge in [-0.2, -0.15) is 0 Å². The van der Waals surface area contributed by atoms with E-state index < -0.39 is 0 Å². The fourth-order valence-electron chi connectivity index (χ4n) is 2.57. The molecule has 3 aromatic carbocycles. The third kappa shape index (κ3) is 3.20. The fourth-order valence-corrected chi connectivity index (χ4v) is 3.06. The van der Waals surface area contributed by atoms with Crippen molar-refractivity contribution < 1.29 is 4.79 Å². The summed E-state index contributed by atoms with van der Waals surface area (Å²) in [4.78, 5) is 12.4. The first kappa shape index (κ1) is 14.8. The van der Waals surface area contributed by atoms with Crippen molar-refractivity contribution in [2.24, 2.45) is 0 Å². The van der Waals surface area contributed by atoms with Gasteiger partial charge in [0.1, 0.15) is 0 Å². The van der Waals surface area contributed by atoms with E-state index in [-0.39, 0.29) is 5.91 Å². The summed E-state index contributed by atoms with van der Waals surface area (Å²) in [5.41, 5.74) is 2.99. The van der Waals surface area contributed by atoms with Gasteiger partial charge in [0.15, 0.2) is 0 Å². The van der Waals surface area contributed by atoms with Gasteiger partial charge in [0.05, 0.1) is 6.42 Å². The maximum Gasteiger partial charge on any atom is 0.228 e. The van der Waals surface area contributed by atoms with Crippen LogP contribution in [-0.4, -0.2) is 5.91 Å². The molecule has 3 heteroatoms. The van der Waals surface area contributed by atoms with Crippen molar-refractivity contribution in [2.45, 2.75) is 11.8 Å². The Bertz CT molecular complexity index is 808. The molecule has 0 heterocycles. The molecule has 3 aromatic rings. The summed E-state index contributed by atoms with van der Waals surface area (Å²) in [6, 6.07) is 22.0. The van der Waals surface area contributed by atoms with Gasteiger partial charge >= 0.3 is 0 Å². The van der Waals surface area contributed by atoms with E-state index in [4.69, 9.17) is 0 Å². The Balaban J connectivity index is 1.82. The van der Waals surface area contributed by atoms with Gasteiger partial charge in [0, 0.05) is 11.0 Å². The minimum Gasteiger partial charge on any atom is -0.326 e. The van der Waals surface area contributed by atoms with Crippen LogP contribution in [0.25, 0.3) is 10.8 Å². The highest BCUT2D eigenvalue weighted by Gasteiger charge is 2.09. The predicted octanol–water partition coefficient (Wildman–Crippen LogP) is 4.92. The van der Waals surface area contributed by atoms with Crippen molar-refractivity contribution in [3.63, 3.8) is 0 Å². The van der Waals surface area contributed by atoms with E-state index >= 15 is 0 Å². The van der Waals surface area contributed by atoms with Crippen LogP contribution in [0.5, 0.6) is 0 Å². The van der Waals surface area contributed by atoms with Crippen LogP contribution >= 0.6 is 15.9 Å². The van der Waals surface area contributed by atoms with Crippen molar-refractivity contribution in [1.82, 2.24) is 0 Å². The smallest absolute Gasteiger partial charge is 0.228 e. The summed E-state index contributed by atoms with van der Waals surface area (Å²) in [5, 5.41) is 6.02. The summed E-state index contributed by atoms with van der Waals surface area (Å²) in [5.74, 6) is 0.00440. The van der Waals surface area contributed by atoms with E-state index in [9.17, 15) is 4.79 Å². The molecule has 0 aliphatic carbocycles. The molecule has 0 radical (unpaired) electrons. The predicted molar refractivity (Wildman–Crippen MR) is 95.4 cm³/mol. The molecule has 1 N–H and O–H groups in total. The fraction of sp³-hybridized carbons (Fsp3) is 0.105. The quantitative estimate of drug-likeness (QED) is 0.663. The van der Waals surface area contributed by atoms with Crippen LogP contribution in [0.15, 0.2) is 66.7 Å². The van der Waals surface area contributed by atoms with Gasteiger partial charge < -0.3 is 5.32 Å². The van der Waals surface area contributed by atoms with Crippen molar-refractivity contribution in [2.75, 3.05) is 5.32 Å². The monoisotopic (exact) mass is 353 g/mol. The second kappa shape index (κ2) is 6.75. The number of fused-ring (bicyclic) bond motifs is 1. The lowest BCUT2D eigenvalue weighted by Crippen LogP contribution is -2.15. The molecule has 0 atom stereocenters. The van der Waals surface area contributed by atoms with Gasteiger partial charge in [-0.1, -0.05) is 76.6 Å². The summed E-state index contributed by atoms with van der Waals surface area (Å²) in [7, 11) is 0. The zero-order chi connectivity index (χ0) is 15.4. The van der Waals surface area contributed by atoms with Gasteiger partial charge in [-0.25, -0.2) is 0 Å². The number of hydrogen-bond acceptors (Lipinski definition) is 1. The molecule has 1 amide bonds. The molecule has 0 aliphatic rings. The van der Waals surface area contributed by atoms with Crippen LogP contribution in [0.1, 0.15) is 11.1 Å². The molecule has 0 bridgehead atoms. The van der Waals surface area contributed by atoms with Crippen LogP contribution in [0, 0.1) is 0 Å². The number of anilines is 1. The van der Waals surface area contributed by atoms with E-state index in [1.165, 1.54) is 0 Å². The average Bonchev–Trinajstić information content (AvgIpc) is 2.55. The first-order valence-electron chi connectivity index (χ1n) is 7.18. The van der Waals surface area contributed by atoms with Gasteiger partial charge in [-0.05, 0) is 28.0 Å². The SMILES string of the molecule is O=C(Cc1cccc2ccccc12)Nc1ccccc1CBr. The zero-order valence-corrected chi connectivity index (χ0v) is 13.6. The third-order valence-electron chi connectivity index (χ3n) is 3.67. The highest BCUT2D eigenvalue weighted by molar-refractivity contribution is 9.08. The maximum absolute atomic E-state index is 12.4. The van der Waals surface area contributed by atoms with Gasteiger partial charge in [-0.15, -0.1) is 0 Å². The highest BCUT2D eigenvalue weighted by atomic mass is 79.9. The molecule has 22 heavy (non-hydrogen) atoms. The zero-order valence-electron chi connectivity index (χ0n) is 12.1. The summed E-state index contributed by atoms with van der Waals surface area (Å²) < 4.78 is 0. The number of nitrogens with one attached hydrogen (secondary N) is 1. The number of hydrogen-bond donors (Lipinski definition) is 1. The number of carbonyl (C=O) groups excluding carboxylic acids is 1. The van der Waals surface area contributed by atoms with Gasteiger partial charge in [0.25, 0.3) is 0 Å². The Morgan fingerprint density at radius 2 is 1.55 bits per heavy atom. The summed E-state index contributed by atoms with van der Waals surface area (Å²) in [6.45, 7) is 0. The normalized spacial score (nSPS) is 10.6. The van der Waals surface area contributed by atoms with Gasteiger partial charge in [0.2, 0.25) is 5.91 Å². The van der Waals surface area contributed by atoms with Crippen LogP contribution in [-0.2, 0) is 16.5 Å². The molecule has 0 saturated heterocycles. The third-order valence-corrected chi connectivity index (χ3v) is 4.27. The minimum atomic E-state index is 0.00440. The lowest BCUT2D eigenvalue weighted by Gasteiger charge is -2.10. The maximum atomic E-state index is 12.4. The number of para-hydroxylation sites is 1. The van der Waals surface area contributed by atoms with Crippen molar-refractivity contribution >= 4 is 38.3 Å². The Kier molecular flexibility index (Phi) is 4.54. The van der Waals surface area contributed by atoms with E-state index in [1.54, 1.807) is 0 Å². The highest BCUT2D eigenvalue weighted by Crippen LogP contribution is 2.21. The number of alkyl halides is 1. The van der Waals surface area contributed by atoms with Crippen LogP contribution in [0.3, 0.4) is 0 Å². The summed E-state index contributed by atoms with van der Waals surface area (Å²) in [6.07, 6.45) is 0.373. The van der Waals surface area contributed by atoms with E-state index in [2.05, 4.69) is 39.4 Å². The van der Waals surface area contributed by atoms with Crippen LogP contribution in [0.2, 0.25) is 0 Å². The number of halogens is 1. The van der Waals surface area contributed by atoms with Gasteiger partial charge in [-0.3, -0.25) is 4.79 Å². The lowest BCUT2D eigenvalue weighted by molar-refractivity contribution is -0.115. The molecular formula is C19H16BrNO. The van der Waals surface area contributed by atoms with E-state index in [0.717, 1.165) is 32.9 Å². The molecule has 3 rings (SSSR count). The molecule has 110 valence electrons. The molecular weight excluding hydrogens is 338 g/mol.